The molecule has 1 saturated heterocycles. The molecule has 0 amide bonds. The zero-order valence-corrected chi connectivity index (χ0v) is 22.5. The van der Waals surface area contributed by atoms with Crippen molar-refractivity contribution in [3.8, 4) is 0 Å². The van der Waals surface area contributed by atoms with Crippen molar-refractivity contribution in [2.75, 3.05) is 27.2 Å². The fourth-order valence-corrected chi connectivity index (χ4v) is 11.8. The number of hydrogen-bond acceptors (Lipinski definition) is 2. The van der Waals surface area contributed by atoms with Gasteiger partial charge in [0.25, 0.3) is 0 Å². The summed E-state index contributed by atoms with van der Waals surface area (Å²) in [4.78, 5) is 5.04. The van der Waals surface area contributed by atoms with Crippen molar-refractivity contribution in [2.24, 2.45) is 0 Å². The Labute approximate surface area is 209 Å². The van der Waals surface area contributed by atoms with Gasteiger partial charge in [0.2, 0.25) is 0 Å². The minimum atomic E-state index is 0.00481. The molecule has 0 aromatic heterocycles. The molecule has 3 saturated carbocycles. The van der Waals surface area contributed by atoms with E-state index in [0.29, 0.717) is 0 Å². The molecular formula is C31H45N2P. The smallest absolute Gasteiger partial charge is 0.108 e. The van der Waals surface area contributed by atoms with E-state index in [4.69, 9.17) is 0 Å². The topological polar surface area (TPSA) is 6.48 Å². The van der Waals surface area contributed by atoms with Crippen molar-refractivity contribution < 1.29 is 0 Å². The summed E-state index contributed by atoms with van der Waals surface area (Å²) in [5.74, 6) is 1.50. The zero-order valence-electron chi connectivity index (χ0n) is 21.6. The summed E-state index contributed by atoms with van der Waals surface area (Å²) < 4.78 is 0. The average Bonchev–Trinajstić information content (AvgIpc) is 3.22. The molecule has 184 valence electrons. The normalized spacial score (nSPS) is 25.3. The lowest BCUT2D eigenvalue weighted by molar-refractivity contribution is 0.408. The number of rotatable bonds is 4. The molecule has 1 aromatic carbocycles. The lowest BCUT2D eigenvalue weighted by Gasteiger charge is -2.45. The Morgan fingerprint density at radius 3 is 1.94 bits per heavy atom. The Balaban J connectivity index is 1.60. The van der Waals surface area contributed by atoms with Gasteiger partial charge in [0.05, 0.1) is 0 Å². The third-order valence-electron chi connectivity index (χ3n) is 8.87. The van der Waals surface area contributed by atoms with Crippen molar-refractivity contribution in [1.82, 2.24) is 9.80 Å². The maximum atomic E-state index is 4.01. The second-order valence-electron chi connectivity index (χ2n) is 11.2. The Bertz CT molecular complexity index is 871. The Kier molecular flexibility index (Phi) is 8.19. The van der Waals surface area contributed by atoms with E-state index in [9.17, 15) is 0 Å². The van der Waals surface area contributed by atoms with Crippen LogP contribution in [0.1, 0.15) is 89.0 Å². The van der Waals surface area contributed by atoms with Gasteiger partial charge in [-0.15, -0.1) is 5.73 Å². The van der Waals surface area contributed by atoms with Crippen LogP contribution in [0.3, 0.4) is 0 Å². The fourth-order valence-electron chi connectivity index (χ4n) is 7.21. The standard InChI is InChI=1S/C31H45N2P/c1-32-23-24-33(2)31(32)29-19-12-20-30(28(29)22-21-25-13-6-3-7-14-25)34(26-15-8-4-9-16-26)27-17-10-5-11-18-27/h3,6-7,13-14,21,26-27,30H,4-5,8-12,15-20,23-24H2,1-2H3. The maximum absolute atomic E-state index is 4.01. The van der Waals surface area contributed by atoms with E-state index in [-0.39, 0.29) is 7.92 Å². The molecule has 5 rings (SSSR count). The van der Waals surface area contributed by atoms with E-state index in [1.165, 1.54) is 94.9 Å². The highest BCUT2D eigenvalue weighted by molar-refractivity contribution is 7.60. The van der Waals surface area contributed by atoms with Gasteiger partial charge in [-0.2, -0.15) is 0 Å². The summed E-state index contributed by atoms with van der Waals surface area (Å²) in [6, 6.07) is 10.9. The van der Waals surface area contributed by atoms with Crippen molar-refractivity contribution in [1.29, 1.82) is 0 Å². The lowest BCUT2D eigenvalue weighted by atomic mass is 9.88. The molecule has 1 aromatic rings. The molecule has 0 spiro atoms. The van der Waals surface area contributed by atoms with E-state index in [1.807, 2.05) is 0 Å². The highest BCUT2D eigenvalue weighted by atomic mass is 31.1. The second kappa shape index (κ2) is 11.5. The van der Waals surface area contributed by atoms with Gasteiger partial charge in [-0.05, 0) is 67.9 Å². The van der Waals surface area contributed by atoms with E-state index in [1.54, 1.807) is 11.1 Å². The van der Waals surface area contributed by atoms with Gasteiger partial charge in [-0.3, -0.25) is 0 Å². The van der Waals surface area contributed by atoms with Gasteiger partial charge in [0.15, 0.2) is 0 Å². The van der Waals surface area contributed by atoms with E-state index >= 15 is 0 Å². The summed E-state index contributed by atoms with van der Waals surface area (Å²) in [6.45, 7) is 2.30. The first-order chi connectivity index (χ1) is 16.7. The van der Waals surface area contributed by atoms with Crippen LogP contribution < -0.4 is 0 Å². The van der Waals surface area contributed by atoms with Gasteiger partial charge in [-0.1, -0.05) is 76.8 Å². The monoisotopic (exact) mass is 476 g/mol. The number of allylic oxidation sites excluding steroid dienone is 2. The minimum Gasteiger partial charge on any atom is -0.359 e. The SMILES string of the molecule is CN1CCN(C)C1=C1CCCC(P(C2CCCCC2)C2CCCCC2)C1=C=Cc1ccccc1. The van der Waals surface area contributed by atoms with Gasteiger partial charge in [-0.25, -0.2) is 0 Å². The maximum Gasteiger partial charge on any atom is 0.108 e. The third-order valence-corrected chi connectivity index (χ3v) is 12.8. The van der Waals surface area contributed by atoms with Crippen LogP contribution >= 0.6 is 7.92 Å². The molecule has 0 radical (unpaired) electrons. The van der Waals surface area contributed by atoms with E-state index in [0.717, 1.165) is 30.1 Å². The largest absolute Gasteiger partial charge is 0.359 e. The Morgan fingerprint density at radius 1 is 0.765 bits per heavy atom. The van der Waals surface area contributed by atoms with E-state index < -0.39 is 0 Å². The Morgan fingerprint density at radius 2 is 1.35 bits per heavy atom. The number of hydrogen-bond donors (Lipinski definition) is 0. The zero-order chi connectivity index (χ0) is 23.3. The van der Waals surface area contributed by atoms with Crippen molar-refractivity contribution in [3.05, 3.63) is 58.6 Å². The van der Waals surface area contributed by atoms with Crippen LogP contribution in [0.4, 0.5) is 0 Å². The van der Waals surface area contributed by atoms with Crippen molar-refractivity contribution in [2.45, 2.75) is 100 Å². The average molecular weight is 477 g/mol. The summed E-state index contributed by atoms with van der Waals surface area (Å²) in [7, 11) is 4.61. The lowest BCUT2D eigenvalue weighted by Crippen LogP contribution is -2.31. The molecular weight excluding hydrogens is 431 g/mol. The molecule has 3 heteroatoms. The highest BCUT2D eigenvalue weighted by Gasteiger charge is 2.41. The van der Waals surface area contributed by atoms with Crippen molar-refractivity contribution in [3.63, 3.8) is 0 Å². The minimum absolute atomic E-state index is 0.00481. The van der Waals surface area contributed by atoms with Crippen LogP contribution in [0.15, 0.2) is 53.0 Å². The molecule has 2 nitrogen and oxygen atoms in total. The summed E-state index contributed by atoms with van der Waals surface area (Å²) >= 11 is 0. The molecule has 0 bridgehead atoms. The summed E-state index contributed by atoms with van der Waals surface area (Å²) in [5, 5.41) is 0. The third kappa shape index (κ3) is 5.34. The van der Waals surface area contributed by atoms with Crippen LogP contribution in [0.5, 0.6) is 0 Å². The molecule has 1 unspecified atom stereocenters. The predicted octanol–water partition coefficient (Wildman–Crippen LogP) is 8.01. The molecule has 34 heavy (non-hydrogen) atoms. The van der Waals surface area contributed by atoms with Crippen LogP contribution in [-0.4, -0.2) is 54.0 Å². The number of nitrogens with zero attached hydrogens (tertiary/aromatic N) is 2. The Hall–Kier alpha value is -1.49. The summed E-state index contributed by atoms with van der Waals surface area (Å²) in [6.07, 6.45) is 21.1. The molecule has 3 aliphatic carbocycles. The van der Waals surface area contributed by atoms with Crippen LogP contribution in [0.25, 0.3) is 6.08 Å². The van der Waals surface area contributed by atoms with Crippen LogP contribution in [0.2, 0.25) is 0 Å². The quantitative estimate of drug-likeness (QED) is 0.321. The first-order valence-electron chi connectivity index (χ1n) is 14.2. The predicted molar refractivity (Wildman–Crippen MR) is 149 cm³/mol. The second-order valence-corrected chi connectivity index (χ2v) is 14.2. The van der Waals surface area contributed by atoms with Crippen LogP contribution in [-0.2, 0) is 0 Å². The highest BCUT2D eigenvalue weighted by Crippen LogP contribution is 2.63. The number of benzene rings is 1. The molecule has 4 aliphatic rings. The van der Waals surface area contributed by atoms with Gasteiger partial charge in [0, 0.05) is 44.0 Å². The van der Waals surface area contributed by atoms with Gasteiger partial charge in [0.1, 0.15) is 5.82 Å². The molecule has 1 atom stereocenters. The van der Waals surface area contributed by atoms with Crippen LogP contribution in [0, 0.1) is 0 Å². The first kappa shape index (κ1) is 24.2. The number of likely N-dealkylation sites (N-methyl/N-ethyl adjacent to an activating group) is 2. The molecule has 1 heterocycles. The molecule has 0 N–H and O–H groups in total. The fraction of sp³-hybridized carbons (Fsp3) is 0.645. The molecule has 4 fully saturated rings. The molecule has 1 aliphatic heterocycles. The van der Waals surface area contributed by atoms with Crippen molar-refractivity contribution >= 4 is 14.0 Å². The summed E-state index contributed by atoms with van der Waals surface area (Å²) in [5.41, 5.74) is 11.3. The van der Waals surface area contributed by atoms with Gasteiger partial charge >= 0.3 is 0 Å². The first-order valence-corrected chi connectivity index (χ1v) is 15.7. The van der Waals surface area contributed by atoms with E-state index in [2.05, 4.69) is 66.0 Å². The van der Waals surface area contributed by atoms with Gasteiger partial charge < -0.3 is 9.80 Å².